The molecule has 0 aliphatic carbocycles. The average molecular weight is 334 g/mol. The molecule has 0 radical (unpaired) electrons. The minimum atomic E-state index is -0.128. The van der Waals surface area contributed by atoms with Crippen molar-refractivity contribution in [2.24, 2.45) is 0 Å². The fourth-order valence-electron chi connectivity index (χ4n) is 2.88. The van der Waals surface area contributed by atoms with E-state index in [0.717, 1.165) is 37.2 Å². The highest BCUT2D eigenvalue weighted by Gasteiger charge is 2.18. The van der Waals surface area contributed by atoms with E-state index in [1.54, 1.807) is 6.07 Å². The van der Waals surface area contributed by atoms with Crippen molar-refractivity contribution in [2.75, 3.05) is 11.4 Å². The third kappa shape index (κ3) is 2.59. The van der Waals surface area contributed by atoms with Gasteiger partial charge in [-0.2, -0.15) is 0 Å². The lowest BCUT2D eigenvalue weighted by Gasteiger charge is -2.25. The zero-order chi connectivity index (χ0) is 13.9. The number of benzene rings is 2. The number of nitrogens with zero attached hydrogens (tertiary/aromatic N) is 1. The highest BCUT2D eigenvalue weighted by Crippen LogP contribution is 2.29. The van der Waals surface area contributed by atoms with Gasteiger partial charge in [-0.25, -0.2) is 4.39 Å². The number of anilines is 1. The Bertz CT molecular complexity index is 612. The van der Waals surface area contributed by atoms with E-state index in [-0.39, 0.29) is 5.82 Å². The fraction of sp³-hybridized carbons (Fsp3) is 0.294. The number of halogens is 2. The molecule has 0 saturated carbocycles. The van der Waals surface area contributed by atoms with Crippen LogP contribution in [-0.2, 0) is 18.3 Å². The molecule has 3 heteroatoms. The summed E-state index contributed by atoms with van der Waals surface area (Å²) in [6, 6.07) is 13.9. The molecule has 3 rings (SSSR count). The van der Waals surface area contributed by atoms with Crippen LogP contribution < -0.4 is 4.90 Å². The Morgan fingerprint density at radius 3 is 2.65 bits per heavy atom. The van der Waals surface area contributed by atoms with Crippen molar-refractivity contribution in [2.45, 2.75) is 24.7 Å². The van der Waals surface area contributed by atoms with Crippen LogP contribution in [0, 0.1) is 5.82 Å². The first-order chi connectivity index (χ1) is 9.79. The predicted molar refractivity (Wildman–Crippen MR) is 84.8 cm³/mol. The van der Waals surface area contributed by atoms with Crippen molar-refractivity contribution in [3.05, 3.63) is 65.0 Å². The van der Waals surface area contributed by atoms with Gasteiger partial charge in [0.05, 0.1) is 0 Å². The second kappa shape index (κ2) is 5.96. The summed E-state index contributed by atoms with van der Waals surface area (Å²) in [5, 5.41) is 0.549. The van der Waals surface area contributed by atoms with Crippen molar-refractivity contribution in [1.82, 2.24) is 0 Å². The predicted octanol–water partition coefficient (Wildman–Crippen LogP) is 4.67. The molecule has 0 aromatic heterocycles. The molecule has 2 aromatic carbocycles. The first-order valence-electron chi connectivity index (χ1n) is 6.94. The van der Waals surface area contributed by atoms with Crippen LogP contribution in [0.2, 0.25) is 0 Å². The number of aryl methyl sites for hydroxylation is 1. The third-order valence-corrected chi connectivity index (χ3v) is 4.48. The Morgan fingerprint density at radius 2 is 1.85 bits per heavy atom. The quantitative estimate of drug-likeness (QED) is 0.721. The molecule has 20 heavy (non-hydrogen) atoms. The number of alkyl halides is 1. The van der Waals surface area contributed by atoms with Crippen LogP contribution in [0.3, 0.4) is 0 Å². The molecule has 104 valence electrons. The zero-order valence-electron chi connectivity index (χ0n) is 11.3. The van der Waals surface area contributed by atoms with Crippen LogP contribution in [0.1, 0.15) is 23.1 Å². The fourth-order valence-corrected chi connectivity index (χ4v) is 3.44. The molecule has 0 saturated heterocycles. The first kappa shape index (κ1) is 13.6. The lowest BCUT2D eigenvalue weighted by atomic mass is 10.0. The van der Waals surface area contributed by atoms with Gasteiger partial charge in [-0.3, -0.25) is 0 Å². The van der Waals surface area contributed by atoms with E-state index in [1.165, 1.54) is 17.2 Å². The monoisotopic (exact) mass is 333 g/mol. The van der Waals surface area contributed by atoms with E-state index in [0.29, 0.717) is 5.33 Å². The summed E-state index contributed by atoms with van der Waals surface area (Å²) in [5.41, 5.74) is 4.55. The van der Waals surface area contributed by atoms with Crippen LogP contribution >= 0.6 is 15.9 Å². The summed E-state index contributed by atoms with van der Waals surface area (Å²) < 4.78 is 13.9. The molecule has 1 aliphatic heterocycles. The van der Waals surface area contributed by atoms with E-state index in [9.17, 15) is 4.39 Å². The lowest BCUT2D eigenvalue weighted by Crippen LogP contribution is -2.24. The summed E-state index contributed by atoms with van der Waals surface area (Å²) in [6.45, 7) is 1.83. The number of hydrogen-bond donors (Lipinski definition) is 0. The molecular weight excluding hydrogens is 317 g/mol. The molecule has 0 N–H and O–H groups in total. The molecule has 0 unspecified atom stereocenters. The summed E-state index contributed by atoms with van der Waals surface area (Å²) in [4.78, 5) is 2.30. The van der Waals surface area contributed by atoms with Crippen molar-refractivity contribution in [3.63, 3.8) is 0 Å². The minimum absolute atomic E-state index is 0.128. The van der Waals surface area contributed by atoms with Crippen LogP contribution in [-0.4, -0.2) is 6.54 Å². The number of rotatable bonds is 2. The van der Waals surface area contributed by atoms with E-state index < -0.39 is 0 Å². The standard InChI is InChI=1S/C17H17BrFN/c18-11-15-16(19)8-3-9-17(15)20-10-4-7-13-5-1-2-6-14(13)12-20/h1-3,5-6,8-9H,4,7,10-12H2. The highest BCUT2D eigenvalue weighted by molar-refractivity contribution is 9.08. The first-order valence-corrected chi connectivity index (χ1v) is 8.07. The molecule has 1 heterocycles. The van der Waals surface area contributed by atoms with Gasteiger partial charge in [-0.15, -0.1) is 0 Å². The van der Waals surface area contributed by atoms with Crippen LogP contribution in [0.15, 0.2) is 42.5 Å². The molecule has 0 amide bonds. The van der Waals surface area contributed by atoms with Gasteiger partial charge < -0.3 is 4.90 Å². The molecule has 1 nitrogen and oxygen atoms in total. The molecule has 0 spiro atoms. The topological polar surface area (TPSA) is 3.24 Å². The number of hydrogen-bond acceptors (Lipinski definition) is 1. The smallest absolute Gasteiger partial charge is 0.129 e. The normalized spacial score (nSPS) is 14.8. The van der Waals surface area contributed by atoms with Crippen molar-refractivity contribution >= 4 is 21.6 Å². The third-order valence-electron chi connectivity index (χ3n) is 3.92. The van der Waals surface area contributed by atoms with Crippen molar-refractivity contribution in [1.29, 1.82) is 0 Å². The maximum atomic E-state index is 13.9. The Morgan fingerprint density at radius 1 is 1.05 bits per heavy atom. The van der Waals surface area contributed by atoms with Gasteiger partial charge >= 0.3 is 0 Å². The van der Waals surface area contributed by atoms with Gasteiger partial charge in [0.25, 0.3) is 0 Å². The van der Waals surface area contributed by atoms with E-state index >= 15 is 0 Å². The molecule has 0 atom stereocenters. The summed E-state index contributed by atoms with van der Waals surface area (Å²) >= 11 is 3.41. The van der Waals surface area contributed by atoms with Crippen LogP contribution in [0.4, 0.5) is 10.1 Å². The number of fused-ring (bicyclic) bond motifs is 1. The largest absolute Gasteiger partial charge is 0.367 e. The van der Waals surface area contributed by atoms with E-state index in [1.807, 2.05) is 6.07 Å². The average Bonchev–Trinajstić information content (AvgIpc) is 2.69. The van der Waals surface area contributed by atoms with E-state index in [2.05, 4.69) is 45.1 Å². The van der Waals surface area contributed by atoms with Gasteiger partial charge in [0, 0.05) is 29.7 Å². The zero-order valence-corrected chi connectivity index (χ0v) is 12.9. The SMILES string of the molecule is Fc1cccc(N2CCCc3ccccc3C2)c1CBr. The second-order valence-corrected chi connectivity index (χ2v) is 5.73. The van der Waals surface area contributed by atoms with Crippen LogP contribution in [0.25, 0.3) is 0 Å². The Hall–Kier alpha value is -1.35. The lowest BCUT2D eigenvalue weighted by molar-refractivity contribution is 0.615. The van der Waals surface area contributed by atoms with Gasteiger partial charge in [0.15, 0.2) is 0 Å². The van der Waals surface area contributed by atoms with Gasteiger partial charge in [-0.1, -0.05) is 46.3 Å². The Labute approximate surface area is 127 Å². The molecule has 2 aromatic rings. The maximum Gasteiger partial charge on any atom is 0.129 e. The van der Waals surface area contributed by atoms with Gasteiger partial charge in [-0.05, 0) is 36.1 Å². The van der Waals surface area contributed by atoms with E-state index in [4.69, 9.17) is 0 Å². The van der Waals surface area contributed by atoms with Crippen molar-refractivity contribution < 1.29 is 4.39 Å². The summed E-state index contributed by atoms with van der Waals surface area (Å²) in [7, 11) is 0. The Balaban J connectivity index is 1.98. The second-order valence-electron chi connectivity index (χ2n) is 5.16. The summed E-state index contributed by atoms with van der Waals surface area (Å²) in [5.74, 6) is -0.128. The highest BCUT2D eigenvalue weighted by atomic mass is 79.9. The van der Waals surface area contributed by atoms with Gasteiger partial charge in [0.2, 0.25) is 0 Å². The molecule has 1 aliphatic rings. The molecular formula is C17H17BrFN. The van der Waals surface area contributed by atoms with Crippen molar-refractivity contribution in [3.8, 4) is 0 Å². The Kier molecular flexibility index (Phi) is 4.06. The molecule has 0 bridgehead atoms. The van der Waals surface area contributed by atoms with Gasteiger partial charge in [0.1, 0.15) is 5.82 Å². The minimum Gasteiger partial charge on any atom is -0.367 e. The van der Waals surface area contributed by atoms with Crippen LogP contribution in [0.5, 0.6) is 0 Å². The maximum absolute atomic E-state index is 13.9. The summed E-state index contributed by atoms with van der Waals surface area (Å²) in [6.07, 6.45) is 2.21. The molecule has 0 fully saturated rings.